The van der Waals surface area contributed by atoms with Gasteiger partial charge in [0.05, 0.1) is 20.3 Å². The second kappa shape index (κ2) is 9.12. The first-order chi connectivity index (χ1) is 12.8. The van der Waals surface area contributed by atoms with Crippen LogP contribution in [0.25, 0.3) is 11.5 Å². The average Bonchev–Trinajstić information content (AvgIpc) is 3.15. The van der Waals surface area contributed by atoms with E-state index >= 15 is 0 Å². The van der Waals surface area contributed by atoms with Gasteiger partial charge in [-0.05, 0) is 29.8 Å². The molecule has 2 aromatic carbocycles. The van der Waals surface area contributed by atoms with Crippen LogP contribution in [0.15, 0.2) is 59.1 Å². The second-order valence-electron chi connectivity index (χ2n) is 5.93. The Hall–Kier alpha value is -2.70. The SMILES string of the molecule is COCCN(Cc1ccccc1)Cc1noc(-c2ccc(OC)cc2)n1. The second-order valence-corrected chi connectivity index (χ2v) is 5.93. The first-order valence-electron chi connectivity index (χ1n) is 8.50. The fraction of sp³-hybridized carbons (Fsp3) is 0.300. The number of benzene rings is 2. The number of rotatable bonds is 9. The van der Waals surface area contributed by atoms with E-state index in [9.17, 15) is 0 Å². The Balaban J connectivity index is 1.69. The van der Waals surface area contributed by atoms with Crippen molar-refractivity contribution < 1.29 is 14.0 Å². The lowest BCUT2D eigenvalue weighted by Crippen LogP contribution is -2.27. The molecule has 0 aliphatic carbocycles. The largest absolute Gasteiger partial charge is 0.497 e. The Bertz CT molecular complexity index is 788. The summed E-state index contributed by atoms with van der Waals surface area (Å²) in [6.45, 7) is 2.84. The van der Waals surface area contributed by atoms with Crippen LogP contribution in [0, 0.1) is 0 Å². The molecule has 0 saturated heterocycles. The first kappa shape index (κ1) is 18.1. The van der Waals surface area contributed by atoms with Crippen LogP contribution in [-0.4, -0.2) is 42.4 Å². The van der Waals surface area contributed by atoms with Gasteiger partial charge in [-0.3, -0.25) is 4.90 Å². The highest BCUT2D eigenvalue weighted by Crippen LogP contribution is 2.21. The maximum Gasteiger partial charge on any atom is 0.257 e. The average molecular weight is 353 g/mol. The monoisotopic (exact) mass is 353 g/mol. The number of methoxy groups -OCH3 is 2. The quantitative estimate of drug-likeness (QED) is 0.588. The van der Waals surface area contributed by atoms with Crippen LogP contribution < -0.4 is 4.74 Å². The predicted octanol–water partition coefficient (Wildman–Crippen LogP) is 3.39. The fourth-order valence-electron chi connectivity index (χ4n) is 2.65. The Kier molecular flexibility index (Phi) is 6.35. The van der Waals surface area contributed by atoms with E-state index in [1.54, 1.807) is 14.2 Å². The molecule has 0 fully saturated rings. The summed E-state index contributed by atoms with van der Waals surface area (Å²) < 4.78 is 15.8. The molecule has 6 nitrogen and oxygen atoms in total. The van der Waals surface area contributed by atoms with Crippen LogP contribution in [0.2, 0.25) is 0 Å². The van der Waals surface area contributed by atoms with Gasteiger partial charge in [-0.15, -0.1) is 0 Å². The Morgan fingerprint density at radius 3 is 2.42 bits per heavy atom. The minimum atomic E-state index is 0.508. The summed E-state index contributed by atoms with van der Waals surface area (Å²) in [7, 11) is 3.35. The van der Waals surface area contributed by atoms with Crippen molar-refractivity contribution in [2.24, 2.45) is 0 Å². The van der Waals surface area contributed by atoms with Gasteiger partial charge in [0, 0.05) is 25.8 Å². The number of hydrogen-bond donors (Lipinski definition) is 0. The maximum atomic E-state index is 5.42. The van der Waals surface area contributed by atoms with E-state index in [4.69, 9.17) is 14.0 Å². The van der Waals surface area contributed by atoms with E-state index in [2.05, 4.69) is 27.2 Å². The van der Waals surface area contributed by atoms with Crippen LogP contribution in [0.5, 0.6) is 5.75 Å². The molecule has 136 valence electrons. The number of ether oxygens (including phenoxy) is 2. The topological polar surface area (TPSA) is 60.6 Å². The van der Waals surface area contributed by atoms with E-state index in [-0.39, 0.29) is 0 Å². The van der Waals surface area contributed by atoms with Gasteiger partial charge >= 0.3 is 0 Å². The highest BCUT2D eigenvalue weighted by molar-refractivity contribution is 5.54. The summed E-state index contributed by atoms with van der Waals surface area (Å²) in [5.41, 5.74) is 2.11. The molecule has 0 spiro atoms. The van der Waals surface area contributed by atoms with Crippen LogP contribution in [0.1, 0.15) is 11.4 Å². The molecule has 1 heterocycles. The molecular formula is C20H23N3O3. The Labute approximate surface area is 153 Å². The third kappa shape index (κ3) is 4.91. The van der Waals surface area contributed by atoms with E-state index in [1.807, 2.05) is 42.5 Å². The zero-order chi connectivity index (χ0) is 18.2. The van der Waals surface area contributed by atoms with Gasteiger partial charge in [-0.2, -0.15) is 4.98 Å². The lowest BCUT2D eigenvalue weighted by atomic mass is 10.2. The molecule has 0 aliphatic heterocycles. The smallest absolute Gasteiger partial charge is 0.257 e. The fourth-order valence-corrected chi connectivity index (χ4v) is 2.65. The van der Waals surface area contributed by atoms with E-state index in [0.29, 0.717) is 24.9 Å². The van der Waals surface area contributed by atoms with Crippen LogP contribution in [0.3, 0.4) is 0 Å². The van der Waals surface area contributed by atoms with Gasteiger partial charge in [0.1, 0.15) is 5.75 Å². The van der Waals surface area contributed by atoms with Crippen LogP contribution in [0.4, 0.5) is 0 Å². The van der Waals surface area contributed by atoms with Crippen molar-refractivity contribution in [3.8, 4) is 17.2 Å². The molecule has 6 heteroatoms. The summed E-state index contributed by atoms with van der Waals surface area (Å²) in [6, 6.07) is 17.9. The molecule has 3 aromatic rings. The van der Waals surface area contributed by atoms with Gasteiger partial charge in [0.2, 0.25) is 0 Å². The first-order valence-corrected chi connectivity index (χ1v) is 8.50. The molecule has 0 atom stereocenters. The summed E-state index contributed by atoms with van der Waals surface area (Å²) in [6.07, 6.45) is 0. The third-order valence-corrected chi connectivity index (χ3v) is 4.03. The van der Waals surface area contributed by atoms with Gasteiger partial charge < -0.3 is 14.0 Å². The molecule has 0 N–H and O–H groups in total. The van der Waals surface area contributed by atoms with Crippen LogP contribution >= 0.6 is 0 Å². The number of aromatic nitrogens is 2. The molecule has 26 heavy (non-hydrogen) atoms. The van der Waals surface area contributed by atoms with Crippen molar-refractivity contribution in [1.29, 1.82) is 0 Å². The molecule has 3 rings (SSSR count). The lowest BCUT2D eigenvalue weighted by Gasteiger charge is -2.20. The van der Waals surface area contributed by atoms with Gasteiger partial charge in [-0.1, -0.05) is 35.5 Å². The highest BCUT2D eigenvalue weighted by Gasteiger charge is 2.13. The number of nitrogens with zero attached hydrogens (tertiary/aromatic N) is 3. The van der Waals surface area contributed by atoms with E-state index in [0.717, 1.165) is 24.4 Å². The Morgan fingerprint density at radius 2 is 1.73 bits per heavy atom. The molecule has 1 aromatic heterocycles. The van der Waals surface area contributed by atoms with E-state index in [1.165, 1.54) is 5.56 Å². The van der Waals surface area contributed by atoms with Crippen molar-refractivity contribution in [2.45, 2.75) is 13.1 Å². The number of hydrogen-bond acceptors (Lipinski definition) is 6. The molecule has 0 saturated carbocycles. The normalized spacial score (nSPS) is 11.0. The zero-order valence-corrected chi connectivity index (χ0v) is 15.1. The third-order valence-electron chi connectivity index (χ3n) is 4.03. The van der Waals surface area contributed by atoms with Crippen molar-refractivity contribution in [2.75, 3.05) is 27.4 Å². The zero-order valence-electron chi connectivity index (χ0n) is 15.1. The molecule has 0 radical (unpaired) electrons. The minimum absolute atomic E-state index is 0.508. The molecular weight excluding hydrogens is 330 g/mol. The molecule has 0 bridgehead atoms. The summed E-state index contributed by atoms with van der Waals surface area (Å²) in [5, 5.41) is 4.12. The Morgan fingerprint density at radius 1 is 0.962 bits per heavy atom. The van der Waals surface area contributed by atoms with Gasteiger partial charge in [-0.25, -0.2) is 0 Å². The standard InChI is InChI=1S/C20H23N3O3/c1-24-13-12-23(14-16-6-4-3-5-7-16)15-19-21-20(26-22-19)17-8-10-18(25-2)11-9-17/h3-11H,12-15H2,1-2H3. The predicted molar refractivity (Wildman–Crippen MR) is 98.7 cm³/mol. The minimum Gasteiger partial charge on any atom is -0.497 e. The van der Waals surface area contributed by atoms with Crippen LogP contribution in [-0.2, 0) is 17.8 Å². The highest BCUT2D eigenvalue weighted by atomic mass is 16.5. The summed E-state index contributed by atoms with van der Waals surface area (Å²) in [4.78, 5) is 6.76. The van der Waals surface area contributed by atoms with E-state index < -0.39 is 0 Å². The van der Waals surface area contributed by atoms with Crippen molar-refractivity contribution in [3.05, 3.63) is 66.0 Å². The maximum absolute atomic E-state index is 5.42. The molecule has 0 aliphatic rings. The molecule has 0 amide bonds. The summed E-state index contributed by atoms with van der Waals surface area (Å²) >= 11 is 0. The van der Waals surface area contributed by atoms with Crippen molar-refractivity contribution in [3.63, 3.8) is 0 Å². The molecule has 0 unspecified atom stereocenters. The summed E-state index contributed by atoms with van der Waals surface area (Å²) in [5.74, 6) is 1.96. The van der Waals surface area contributed by atoms with Crippen molar-refractivity contribution in [1.82, 2.24) is 15.0 Å². The van der Waals surface area contributed by atoms with Crippen molar-refractivity contribution >= 4 is 0 Å². The van der Waals surface area contributed by atoms with Gasteiger partial charge in [0.15, 0.2) is 5.82 Å². The van der Waals surface area contributed by atoms with Gasteiger partial charge in [0.25, 0.3) is 5.89 Å². The lowest BCUT2D eigenvalue weighted by molar-refractivity contribution is 0.137.